The molecule has 0 spiro atoms. The number of nitrogens with two attached hydrogens (primary N) is 3. The molecule has 0 fully saturated rings. The summed E-state index contributed by atoms with van der Waals surface area (Å²) in [5.41, 5.74) is 16.2. The van der Waals surface area contributed by atoms with Crippen LogP contribution in [0.4, 0.5) is 0 Å². The maximum Gasteiger partial charge on any atom is 0.113 e. The van der Waals surface area contributed by atoms with Gasteiger partial charge in [0.2, 0.25) is 0 Å². The van der Waals surface area contributed by atoms with Gasteiger partial charge in [-0.15, -0.1) is 0 Å². The fourth-order valence-electron chi connectivity index (χ4n) is 0.509. The van der Waals surface area contributed by atoms with Crippen molar-refractivity contribution < 1.29 is 5.11 Å². The van der Waals surface area contributed by atoms with Gasteiger partial charge in [-0.1, -0.05) is 0 Å². The highest BCUT2D eigenvalue weighted by atomic mass is 16.3. The number of allylic oxidation sites excluding steroid dienone is 1. The molecule has 0 bridgehead atoms. The van der Waals surface area contributed by atoms with E-state index in [1.54, 1.807) is 6.92 Å². The predicted molar refractivity (Wildman–Crippen MR) is 40.5 cm³/mol. The predicted octanol–water partition coefficient (Wildman–Crippen LogP) is -0.807. The van der Waals surface area contributed by atoms with Gasteiger partial charge in [-0.2, -0.15) is 0 Å². The van der Waals surface area contributed by atoms with E-state index in [1.807, 2.05) is 0 Å². The zero-order valence-corrected chi connectivity index (χ0v) is 6.17. The van der Waals surface area contributed by atoms with Gasteiger partial charge in [0.25, 0.3) is 0 Å². The summed E-state index contributed by atoms with van der Waals surface area (Å²) < 4.78 is 0. The van der Waals surface area contributed by atoms with Gasteiger partial charge in [-0.3, -0.25) is 0 Å². The van der Waals surface area contributed by atoms with Crippen LogP contribution in [-0.4, -0.2) is 11.2 Å². The maximum atomic E-state index is 8.82. The van der Waals surface area contributed by atoms with Crippen LogP contribution >= 0.6 is 0 Å². The molecule has 0 amide bonds. The normalized spacial score (nSPS) is 12.6. The number of rotatable bonds is 3. The highest BCUT2D eigenvalue weighted by molar-refractivity contribution is 5.02. The molecule has 0 saturated carbocycles. The molecule has 60 valence electrons. The Morgan fingerprint density at radius 1 is 1.40 bits per heavy atom. The summed E-state index contributed by atoms with van der Waals surface area (Å²) in [6, 6.07) is 0. The van der Waals surface area contributed by atoms with Crippen molar-refractivity contribution in [1.82, 2.24) is 0 Å². The molecule has 0 rings (SSSR count). The molecular formula is C6H15N3O. The number of hydrogen-bond acceptors (Lipinski definition) is 4. The Hall–Kier alpha value is -0.900. The second-order valence-corrected chi connectivity index (χ2v) is 2.37. The van der Waals surface area contributed by atoms with Crippen molar-refractivity contribution in [2.45, 2.75) is 25.9 Å². The lowest BCUT2D eigenvalue weighted by atomic mass is 10.2. The van der Waals surface area contributed by atoms with Crippen LogP contribution in [0.2, 0.25) is 0 Å². The Morgan fingerprint density at radius 3 is 2.20 bits per heavy atom. The number of aliphatic hydroxyl groups is 1. The van der Waals surface area contributed by atoms with Crippen molar-refractivity contribution in [2.75, 3.05) is 0 Å². The molecule has 0 aromatic rings. The van der Waals surface area contributed by atoms with Crippen molar-refractivity contribution >= 4 is 0 Å². The first-order valence-corrected chi connectivity index (χ1v) is 3.21. The fourth-order valence-corrected chi connectivity index (χ4v) is 0.509. The van der Waals surface area contributed by atoms with E-state index < -0.39 is 0 Å². The third kappa shape index (κ3) is 4.03. The van der Waals surface area contributed by atoms with Crippen molar-refractivity contribution in [1.29, 1.82) is 0 Å². The van der Waals surface area contributed by atoms with Crippen molar-refractivity contribution in [3.63, 3.8) is 0 Å². The zero-order chi connectivity index (χ0) is 8.15. The third-order valence-corrected chi connectivity index (χ3v) is 1.20. The van der Waals surface area contributed by atoms with Gasteiger partial charge in [-0.05, 0) is 19.8 Å². The average Bonchev–Trinajstić information content (AvgIpc) is 1.82. The highest BCUT2D eigenvalue weighted by Gasteiger charge is 1.98. The first-order chi connectivity index (χ1) is 4.54. The molecule has 0 radical (unpaired) electrons. The summed E-state index contributed by atoms with van der Waals surface area (Å²) in [6.07, 6.45) is 0.807. The van der Waals surface area contributed by atoms with E-state index in [9.17, 15) is 0 Å². The Kier molecular flexibility index (Phi) is 3.64. The molecule has 10 heavy (non-hydrogen) atoms. The first-order valence-electron chi connectivity index (χ1n) is 3.21. The van der Waals surface area contributed by atoms with Crippen LogP contribution in [0.3, 0.4) is 0 Å². The van der Waals surface area contributed by atoms with Gasteiger partial charge in [0.15, 0.2) is 0 Å². The van der Waals surface area contributed by atoms with Crippen LogP contribution < -0.4 is 17.2 Å². The van der Waals surface area contributed by atoms with Gasteiger partial charge >= 0.3 is 0 Å². The van der Waals surface area contributed by atoms with E-state index in [1.165, 1.54) is 0 Å². The SMILES string of the molecule is CC(O)CCC(N)=C(N)N. The Balaban J connectivity index is 3.60. The molecule has 0 aromatic carbocycles. The quantitative estimate of drug-likeness (QED) is 0.417. The summed E-state index contributed by atoms with van der Waals surface area (Å²) in [7, 11) is 0. The molecule has 0 aromatic heterocycles. The van der Waals surface area contributed by atoms with Crippen LogP contribution in [0.15, 0.2) is 11.5 Å². The second-order valence-electron chi connectivity index (χ2n) is 2.37. The van der Waals surface area contributed by atoms with Crippen molar-refractivity contribution in [3.8, 4) is 0 Å². The van der Waals surface area contributed by atoms with Crippen LogP contribution in [0.1, 0.15) is 19.8 Å². The standard InChI is InChI=1S/C6H15N3O/c1-4(10)2-3-5(7)6(8)9/h4,10H,2-3,7-9H2,1H3. The molecule has 7 N–H and O–H groups in total. The molecule has 4 heteroatoms. The fraction of sp³-hybridized carbons (Fsp3) is 0.667. The lowest BCUT2D eigenvalue weighted by molar-refractivity contribution is 0.184. The van der Waals surface area contributed by atoms with E-state index >= 15 is 0 Å². The number of hydrogen-bond donors (Lipinski definition) is 4. The maximum absolute atomic E-state index is 8.82. The summed E-state index contributed by atoms with van der Waals surface area (Å²) in [5, 5.41) is 8.82. The van der Waals surface area contributed by atoms with E-state index in [2.05, 4.69) is 0 Å². The van der Waals surface area contributed by atoms with E-state index in [4.69, 9.17) is 22.3 Å². The average molecular weight is 145 g/mol. The Labute approximate surface area is 60.7 Å². The van der Waals surface area contributed by atoms with Crippen LogP contribution in [-0.2, 0) is 0 Å². The lowest BCUT2D eigenvalue weighted by Gasteiger charge is -2.04. The highest BCUT2D eigenvalue weighted by Crippen LogP contribution is 2.01. The first kappa shape index (κ1) is 9.10. The minimum Gasteiger partial charge on any atom is -0.399 e. The molecule has 0 heterocycles. The van der Waals surface area contributed by atoms with E-state index in [0.717, 1.165) is 0 Å². The van der Waals surface area contributed by atoms with Gasteiger partial charge < -0.3 is 22.3 Å². The molecule has 1 atom stereocenters. The second kappa shape index (κ2) is 4.00. The summed E-state index contributed by atoms with van der Waals surface area (Å²) >= 11 is 0. The third-order valence-electron chi connectivity index (χ3n) is 1.20. The summed E-state index contributed by atoms with van der Waals surface area (Å²) in [4.78, 5) is 0. The molecular weight excluding hydrogens is 130 g/mol. The molecule has 4 nitrogen and oxygen atoms in total. The van der Waals surface area contributed by atoms with Crippen LogP contribution in [0.5, 0.6) is 0 Å². The van der Waals surface area contributed by atoms with Crippen LogP contribution in [0.25, 0.3) is 0 Å². The Morgan fingerprint density at radius 2 is 1.90 bits per heavy atom. The molecule has 1 unspecified atom stereocenters. The van der Waals surface area contributed by atoms with Crippen molar-refractivity contribution in [2.24, 2.45) is 17.2 Å². The van der Waals surface area contributed by atoms with Gasteiger partial charge in [0.05, 0.1) is 6.10 Å². The topological polar surface area (TPSA) is 98.3 Å². The summed E-state index contributed by atoms with van der Waals surface area (Å²) in [5.74, 6) is 0.153. The molecule has 0 aliphatic rings. The Bertz CT molecular complexity index is 127. The molecule has 0 saturated heterocycles. The van der Waals surface area contributed by atoms with E-state index in [-0.39, 0.29) is 11.9 Å². The lowest BCUT2D eigenvalue weighted by Crippen LogP contribution is -2.18. The van der Waals surface area contributed by atoms with E-state index in [0.29, 0.717) is 18.5 Å². The number of aliphatic hydroxyl groups excluding tert-OH is 1. The zero-order valence-electron chi connectivity index (χ0n) is 6.17. The van der Waals surface area contributed by atoms with Crippen LogP contribution in [0, 0.1) is 0 Å². The summed E-state index contributed by atoms with van der Waals surface area (Å²) in [6.45, 7) is 1.69. The largest absolute Gasteiger partial charge is 0.399 e. The van der Waals surface area contributed by atoms with Gasteiger partial charge in [0, 0.05) is 5.70 Å². The minimum absolute atomic E-state index is 0.153. The molecule has 0 aliphatic heterocycles. The minimum atomic E-state index is -0.349. The van der Waals surface area contributed by atoms with Gasteiger partial charge in [0.1, 0.15) is 5.82 Å². The van der Waals surface area contributed by atoms with Crippen molar-refractivity contribution in [3.05, 3.63) is 11.5 Å². The smallest absolute Gasteiger partial charge is 0.113 e. The molecule has 0 aliphatic carbocycles. The monoisotopic (exact) mass is 145 g/mol. The van der Waals surface area contributed by atoms with Gasteiger partial charge in [-0.25, -0.2) is 0 Å².